The van der Waals surface area contributed by atoms with Crippen molar-refractivity contribution >= 4 is 10.0 Å². The molecule has 22 heavy (non-hydrogen) atoms. The van der Waals surface area contributed by atoms with E-state index in [0.29, 0.717) is 6.54 Å². The monoisotopic (exact) mass is 325 g/mol. The van der Waals surface area contributed by atoms with Crippen LogP contribution in [-0.2, 0) is 10.0 Å². The van der Waals surface area contributed by atoms with Crippen molar-refractivity contribution in [2.75, 3.05) is 6.54 Å². The van der Waals surface area contributed by atoms with Gasteiger partial charge in [0.15, 0.2) is 0 Å². The first-order chi connectivity index (χ1) is 9.88. The van der Waals surface area contributed by atoms with E-state index in [4.69, 9.17) is 0 Å². The molecule has 4 nitrogen and oxygen atoms in total. The first-order valence-corrected chi connectivity index (χ1v) is 9.10. The number of sulfonamides is 1. The Balaban J connectivity index is 2.45. The molecule has 5 heteroatoms. The van der Waals surface area contributed by atoms with Gasteiger partial charge in [-0.1, -0.05) is 38.5 Å². The summed E-state index contributed by atoms with van der Waals surface area (Å²) in [6.07, 6.45) is -0.687. The highest BCUT2D eigenvalue weighted by Crippen LogP contribution is 2.44. The van der Waals surface area contributed by atoms with Crippen molar-refractivity contribution in [3.8, 4) is 0 Å². The van der Waals surface area contributed by atoms with Gasteiger partial charge in [-0.25, -0.2) is 8.42 Å². The average molecular weight is 325 g/mol. The van der Waals surface area contributed by atoms with E-state index in [1.54, 1.807) is 38.1 Å². The second-order valence-corrected chi connectivity index (χ2v) is 9.78. The first-order valence-electron chi connectivity index (χ1n) is 7.66. The maximum absolute atomic E-state index is 13.0. The van der Waals surface area contributed by atoms with E-state index in [0.717, 1.165) is 5.56 Å². The summed E-state index contributed by atoms with van der Waals surface area (Å²) in [5.74, 6) is -0.0947. The second-order valence-electron chi connectivity index (χ2n) is 7.92. The Bertz CT molecular complexity index is 641. The van der Waals surface area contributed by atoms with Crippen molar-refractivity contribution in [1.82, 2.24) is 4.31 Å². The molecule has 1 fully saturated rings. The van der Waals surface area contributed by atoms with Crippen LogP contribution in [0.1, 0.15) is 40.2 Å². The summed E-state index contributed by atoms with van der Waals surface area (Å²) in [4.78, 5) is 0.285. The van der Waals surface area contributed by atoms with E-state index in [9.17, 15) is 13.5 Å². The van der Waals surface area contributed by atoms with E-state index in [1.165, 1.54) is 4.31 Å². The molecule has 0 aliphatic carbocycles. The fraction of sp³-hybridized carbons (Fsp3) is 0.647. The van der Waals surface area contributed by atoms with E-state index >= 15 is 0 Å². The molecule has 0 unspecified atom stereocenters. The third-order valence-corrected chi connectivity index (χ3v) is 6.90. The van der Waals surface area contributed by atoms with Crippen LogP contribution < -0.4 is 0 Å². The molecule has 2 rings (SSSR count). The predicted octanol–water partition coefficient (Wildman–Crippen LogP) is 2.80. The zero-order chi connectivity index (χ0) is 16.9. The summed E-state index contributed by atoms with van der Waals surface area (Å²) in [5.41, 5.74) is 0.0443. The minimum absolute atomic E-state index is 0.0947. The largest absolute Gasteiger partial charge is 0.391 e. The van der Waals surface area contributed by atoms with Gasteiger partial charge in [0.25, 0.3) is 0 Å². The van der Waals surface area contributed by atoms with Gasteiger partial charge in [0.1, 0.15) is 0 Å². The number of hydrogen-bond acceptors (Lipinski definition) is 3. The van der Waals surface area contributed by atoms with Gasteiger partial charge in [-0.15, -0.1) is 0 Å². The van der Waals surface area contributed by atoms with Gasteiger partial charge in [0.2, 0.25) is 10.0 Å². The topological polar surface area (TPSA) is 57.6 Å². The fourth-order valence-electron chi connectivity index (χ4n) is 3.15. The summed E-state index contributed by atoms with van der Waals surface area (Å²) in [6, 6.07) is 6.87. The number of hydrogen-bond donors (Lipinski definition) is 1. The summed E-state index contributed by atoms with van der Waals surface area (Å²) < 4.78 is 27.5. The van der Waals surface area contributed by atoms with Gasteiger partial charge in [0, 0.05) is 12.5 Å². The quantitative estimate of drug-likeness (QED) is 0.909. The van der Waals surface area contributed by atoms with E-state index < -0.39 is 21.7 Å². The number of aliphatic hydroxyl groups excluding tert-OH is 1. The summed E-state index contributed by atoms with van der Waals surface area (Å²) >= 11 is 0. The van der Waals surface area contributed by atoms with Crippen LogP contribution in [0.25, 0.3) is 0 Å². The Hall–Kier alpha value is -0.910. The molecule has 0 bridgehead atoms. The van der Waals surface area contributed by atoms with Crippen LogP contribution in [-0.4, -0.2) is 36.0 Å². The lowest BCUT2D eigenvalue weighted by Gasteiger charge is -2.34. The van der Waals surface area contributed by atoms with Gasteiger partial charge in [0.05, 0.1) is 16.5 Å². The highest BCUT2D eigenvalue weighted by molar-refractivity contribution is 7.89. The second kappa shape index (κ2) is 5.32. The van der Waals surface area contributed by atoms with Crippen molar-refractivity contribution in [2.24, 2.45) is 11.3 Å². The van der Waals surface area contributed by atoms with Crippen LogP contribution >= 0.6 is 0 Å². The lowest BCUT2D eigenvalue weighted by atomic mass is 9.76. The molecular weight excluding hydrogens is 298 g/mol. The Morgan fingerprint density at radius 1 is 1.18 bits per heavy atom. The molecular formula is C17H27NO3S. The molecule has 0 aromatic heterocycles. The van der Waals surface area contributed by atoms with Gasteiger partial charge >= 0.3 is 0 Å². The molecule has 1 N–H and O–H groups in total. The Kier molecular flexibility index (Phi) is 4.22. The van der Waals surface area contributed by atoms with Crippen LogP contribution in [0.5, 0.6) is 0 Å². The third-order valence-electron chi connectivity index (χ3n) is 4.83. The maximum atomic E-state index is 13.0. The zero-order valence-corrected chi connectivity index (χ0v) is 15.1. The van der Waals surface area contributed by atoms with Crippen LogP contribution in [0.15, 0.2) is 29.2 Å². The minimum Gasteiger partial charge on any atom is -0.391 e. The van der Waals surface area contributed by atoms with Gasteiger partial charge in [-0.2, -0.15) is 4.31 Å². The molecule has 0 spiro atoms. The first kappa shape index (κ1) is 17.4. The lowest BCUT2D eigenvalue weighted by molar-refractivity contribution is 0.0304. The molecule has 1 aromatic rings. The smallest absolute Gasteiger partial charge is 0.243 e. The van der Waals surface area contributed by atoms with E-state index in [1.807, 2.05) is 27.7 Å². The van der Waals surface area contributed by atoms with Crippen molar-refractivity contribution < 1.29 is 13.5 Å². The molecule has 0 saturated carbocycles. The highest BCUT2D eigenvalue weighted by Gasteiger charge is 2.55. The molecule has 1 aromatic carbocycles. The van der Waals surface area contributed by atoms with Crippen molar-refractivity contribution in [1.29, 1.82) is 0 Å². The summed E-state index contributed by atoms with van der Waals surface area (Å²) in [7, 11) is -3.62. The Morgan fingerprint density at radius 3 is 2.09 bits per heavy atom. The van der Waals surface area contributed by atoms with E-state index in [-0.39, 0.29) is 16.2 Å². The molecule has 1 heterocycles. The van der Waals surface area contributed by atoms with Crippen LogP contribution in [0.4, 0.5) is 0 Å². The van der Waals surface area contributed by atoms with Crippen LogP contribution in [0.3, 0.4) is 0 Å². The van der Waals surface area contributed by atoms with Crippen molar-refractivity contribution in [3.63, 3.8) is 0 Å². The SMILES string of the molecule is Cc1ccc(S(=O)(=O)N2C[C@@H](C(C)(C)C)[C@H](O)C2(C)C)cc1. The van der Waals surface area contributed by atoms with Gasteiger partial charge in [-0.05, 0) is 38.3 Å². The molecule has 0 radical (unpaired) electrons. The Labute approximate surface area is 134 Å². The molecule has 1 aliphatic heterocycles. The van der Waals surface area contributed by atoms with Gasteiger partial charge in [-0.3, -0.25) is 0 Å². The maximum Gasteiger partial charge on any atom is 0.243 e. The fourth-order valence-corrected chi connectivity index (χ4v) is 4.97. The van der Waals surface area contributed by atoms with Crippen molar-refractivity contribution in [3.05, 3.63) is 29.8 Å². The van der Waals surface area contributed by atoms with Crippen LogP contribution in [0.2, 0.25) is 0 Å². The minimum atomic E-state index is -3.62. The number of rotatable bonds is 2. The number of benzene rings is 1. The standard InChI is InChI=1S/C17H27NO3S/c1-12-7-9-13(10-8-12)22(20,21)18-11-14(16(2,3)4)15(19)17(18,5)6/h7-10,14-15,19H,11H2,1-6H3/t14-,15+/m1/s1. The predicted molar refractivity (Wildman–Crippen MR) is 88.1 cm³/mol. The van der Waals surface area contributed by atoms with Crippen molar-refractivity contribution in [2.45, 2.75) is 58.1 Å². The zero-order valence-electron chi connectivity index (χ0n) is 14.3. The normalized spacial score (nSPS) is 26.3. The average Bonchev–Trinajstić information content (AvgIpc) is 2.61. The number of nitrogens with zero attached hydrogens (tertiary/aromatic N) is 1. The van der Waals surface area contributed by atoms with Gasteiger partial charge < -0.3 is 5.11 Å². The number of aliphatic hydroxyl groups is 1. The molecule has 124 valence electrons. The summed E-state index contributed by atoms with van der Waals surface area (Å²) in [5, 5.41) is 10.7. The molecule has 0 amide bonds. The highest BCUT2D eigenvalue weighted by atomic mass is 32.2. The van der Waals surface area contributed by atoms with E-state index in [2.05, 4.69) is 0 Å². The molecule has 1 aliphatic rings. The molecule has 2 atom stereocenters. The summed E-state index contributed by atoms with van der Waals surface area (Å²) in [6.45, 7) is 12.0. The van der Waals surface area contributed by atoms with Crippen LogP contribution in [0, 0.1) is 18.3 Å². The lowest BCUT2D eigenvalue weighted by Crippen LogP contribution is -2.48. The number of aryl methyl sites for hydroxylation is 1. The molecule has 1 saturated heterocycles. The Morgan fingerprint density at radius 2 is 1.68 bits per heavy atom. The third kappa shape index (κ3) is 2.82.